The molecule has 112 valence electrons. The van der Waals surface area contributed by atoms with Crippen molar-refractivity contribution < 1.29 is 8.42 Å². The molecule has 1 saturated carbocycles. The molecule has 0 amide bonds. The van der Waals surface area contributed by atoms with Gasteiger partial charge in [0.2, 0.25) is 15.8 Å². The van der Waals surface area contributed by atoms with Gasteiger partial charge in [0.1, 0.15) is 0 Å². The van der Waals surface area contributed by atoms with Crippen molar-refractivity contribution in [3.05, 3.63) is 33.8 Å². The van der Waals surface area contributed by atoms with E-state index in [-0.39, 0.29) is 22.9 Å². The molecule has 1 heterocycles. The van der Waals surface area contributed by atoms with Gasteiger partial charge in [0.05, 0.1) is 5.75 Å². The third kappa shape index (κ3) is 2.82. The van der Waals surface area contributed by atoms with E-state index in [4.69, 9.17) is 5.73 Å². The highest BCUT2D eigenvalue weighted by molar-refractivity contribution is 9.10. The molecule has 1 aliphatic rings. The third-order valence-corrected chi connectivity index (χ3v) is 5.55. The predicted molar refractivity (Wildman–Crippen MR) is 82.5 cm³/mol. The Morgan fingerprint density at radius 2 is 2.10 bits per heavy atom. The fourth-order valence-corrected chi connectivity index (χ4v) is 4.31. The van der Waals surface area contributed by atoms with Gasteiger partial charge in [-0.3, -0.25) is 4.57 Å². The molecular weight excluding hydrogens is 356 g/mol. The van der Waals surface area contributed by atoms with Crippen LogP contribution in [0.15, 0.2) is 27.8 Å². The van der Waals surface area contributed by atoms with Crippen LogP contribution >= 0.6 is 15.9 Å². The SMILES string of the molecule is Cc1cc(Br)ccc1CS(=O)(=O)c1nnc(N)n1C1CC1. The lowest BCUT2D eigenvalue weighted by Gasteiger charge is -2.09. The first-order valence-electron chi connectivity index (χ1n) is 6.56. The van der Waals surface area contributed by atoms with Gasteiger partial charge in [0.15, 0.2) is 0 Å². The average Bonchev–Trinajstić information content (AvgIpc) is 3.15. The van der Waals surface area contributed by atoms with Gasteiger partial charge in [-0.25, -0.2) is 8.42 Å². The lowest BCUT2D eigenvalue weighted by atomic mass is 10.1. The van der Waals surface area contributed by atoms with Crippen molar-refractivity contribution in [2.45, 2.75) is 36.7 Å². The van der Waals surface area contributed by atoms with Crippen molar-refractivity contribution in [1.29, 1.82) is 0 Å². The van der Waals surface area contributed by atoms with E-state index in [9.17, 15) is 8.42 Å². The van der Waals surface area contributed by atoms with Crippen LogP contribution in [0.25, 0.3) is 0 Å². The Bertz CT molecular complexity index is 796. The topological polar surface area (TPSA) is 90.9 Å². The van der Waals surface area contributed by atoms with Crippen LogP contribution in [-0.4, -0.2) is 23.2 Å². The minimum Gasteiger partial charge on any atom is -0.368 e. The van der Waals surface area contributed by atoms with Crippen molar-refractivity contribution in [2.75, 3.05) is 5.73 Å². The van der Waals surface area contributed by atoms with E-state index in [2.05, 4.69) is 26.1 Å². The summed E-state index contributed by atoms with van der Waals surface area (Å²) < 4.78 is 27.7. The molecule has 0 saturated heterocycles. The summed E-state index contributed by atoms with van der Waals surface area (Å²) in [6, 6.07) is 5.65. The Kier molecular flexibility index (Phi) is 3.53. The largest absolute Gasteiger partial charge is 0.368 e. The molecule has 1 aromatic carbocycles. The fraction of sp³-hybridized carbons (Fsp3) is 0.385. The maximum atomic E-state index is 12.6. The lowest BCUT2D eigenvalue weighted by Crippen LogP contribution is -2.14. The van der Waals surface area contributed by atoms with Crippen LogP contribution in [0.3, 0.4) is 0 Å². The van der Waals surface area contributed by atoms with Gasteiger partial charge in [-0.1, -0.05) is 22.0 Å². The quantitative estimate of drug-likeness (QED) is 0.890. The molecule has 0 atom stereocenters. The first-order valence-corrected chi connectivity index (χ1v) is 9.01. The van der Waals surface area contributed by atoms with E-state index >= 15 is 0 Å². The molecule has 8 heteroatoms. The number of nitrogens with zero attached hydrogens (tertiary/aromatic N) is 3. The van der Waals surface area contributed by atoms with Crippen molar-refractivity contribution in [3.63, 3.8) is 0 Å². The molecule has 1 fully saturated rings. The Balaban J connectivity index is 1.97. The summed E-state index contributed by atoms with van der Waals surface area (Å²) in [6.45, 7) is 1.88. The van der Waals surface area contributed by atoms with E-state index < -0.39 is 9.84 Å². The summed E-state index contributed by atoms with van der Waals surface area (Å²) in [4.78, 5) is 0. The number of aromatic nitrogens is 3. The molecule has 0 bridgehead atoms. The molecule has 0 unspecified atom stereocenters. The van der Waals surface area contributed by atoms with Gasteiger partial charge in [0.25, 0.3) is 5.16 Å². The van der Waals surface area contributed by atoms with Gasteiger partial charge in [-0.05, 0) is 43.0 Å². The standard InChI is InChI=1S/C13H15BrN4O2S/c1-8-6-10(14)3-2-9(8)7-21(19,20)13-17-16-12(15)18(13)11-4-5-11/h2-3,6,11H,4-5,7H2,1H3,(H2,15,16). The van der Waals surface area contributed by atoms with Crippen LogP contribution in [0, 0.1) is 6.92 Å². The number of rotatable bonds is 4. The number of sulfone groups is 1. The monoisotopic (exact) mass is 370 g/mol. The molecule has 1 aliphatic carbocycles. The van der Waals surface area contributed by atoms with Gasteiger partial charge in [0, 0.05) is 10.5 Å². The molecular formula is C13H15BrN4O2S. The highest BCUT2D eigenvalue weighted by Crippen LogP contribution is 2.38. The zero-order chi connectivity index (χ0) is 15.2. The number of halogens is 1. The molecule has 0 radical (unpaired) electrons. The third-order valence-electron chi connectivity index (χ3n) is 3.53. The Morgan fingerprint density at radius 1 is 1.38 bits per heavy atom. The smallest absolute Gasteiger partial charge is 0.251 e. The van der Waals surface area contributed by atoms with Crippen molar-refractivity contribution in [2.24, 2.45) is 0 Å². The number of benzene rings is 1. The molecule has 2 N–H and O–H groups in total. The first-order chi connectivity index (χ1) is 9.88. The van der Waals surface area contributed by atoms with E-state index in [1.165, 1.54) is 0 Å². The van der Waals surface area contributed by atoms with Crippen LogP contribution in [0.1, 0.15) is 30.0 Å². The van der Waals surface area contributed by atoms with E-state index in [1.807, 2.05) is 19.1 Å². The summed E-state index contributed by atoms with van der Waals surface area (Å²) in [5.74, 6) is 0.0698. The zero-order valence-electron chi connectivity index (χ0n) is 11.5. The van der Waals surface area contributed by atoms with Crippen LogP contribution in [-0.2, 0) is 15.6 Å². The minimum absolute atomic E-state index is 0.0233. The van der Waals surface area contributed by atoms with Crippen molar-refractivity contribution in [1.82, 2.24) is 14.8 Å². The number of anilines is 1. The molecule has 21 heavy (non-hydrogen) atoms. The normalized spacial score (nSPS) is 15.3. The maximum absolute atomic E-state index is 12.6. The molecule has 2 aromatic rings. The summed E-state index contributed by atoms with van der Waals surface area (Å²) in [5.41, 5.74) is 7.41. The first kappa shape index (κ1) is 14.5. The second kappa shape index (κ2) is 5.10. The van der Waals surface area contributed by atoms with Crippen LogP contribution < -0.4 is 5.73 Å². The zero-order valence-corrected chi connectivity index (χ0v) is 13.9. The van der Waals surface area contributed by atoms with E-state index in [0.717, 1.165) is 28.4 Å². The highest BCUT2D eigenvalue weighted by Gasteiger charge is 2.34. The molecule has 3 rings (SSSR count). The Morgan fingerprint density at radius 3 is 2.71 bits per heavy atom. The number of hydrogen-bond donors (Lipinski definition) is 1. The number of nitrogen functional groups attached to an aromatic ring is 1. The summed E-state index contributed by atoms with van der Waals surface area (Å²) in [7, 11) is -3.57. The molecule has 0 aliphatic heterocycles. The van der Waals surface area contributed by atoms with Gasteiger partial charge in [-0.2, -0.15) is 0 Å². The van der Waals surface area contributed by atoms with Gasteiger partial charge in [-0.15, -0.1) is 10.2 Å². The summed E-state index contributed by atoms with van der Waals surface area (Å²) in [5, 5.41) is 7.49. The van der Waals surface area contributed by atoms with Gasteiger partial charge >= 0.3 is 0 Å². The van der Waals surface area contributed by atoms with Crippen molar-refractivity contribution in [3.8, 4) is 0 Å². The predicted octanol–water partition coefficient (Wildman–Crippen LogP) is 2.24. The number of hydrogen-bond acceptors (Lipinski definition) is 5. The number of aryl methyl sites for hydroxylation is 1. The van der Waals surface area contributed by atoms with Crippen molar-refractivity contribution >= 4 is 31.7 Å². The van der Waals surface area contributed by atoms with Gasteiger partial charge < -0.3 is 5.73 Å². The second-order valence-electron chi connectivity index (χ2n) is 5.27. The molecule has 1 aromatic heterocycles. The fourth-order valence-electron chi connectivity index (χ4n) is 2.27. The highest BCUT2D eigenvalue weighted by atomic mass is 79.9. The Hall–Kier alpha value is -1.41. The summed E-state index contributed by atoms with van der Waals surface area (Å²) >= 11 is 3.37. The summed E-state index contributed by atoms with van der Waals surface area (Å²) in [6.07, 6.45) is 1.84. The van der Waals surface area contributed by atoms with E-state index in [1.54, 1.807) is 10.6 Å². The second-order valence-corrected chi connectivity index (χ2v) is 8.07. The van der Waals surface area contributed by atoms with E-state index in [0.29, 0.717) is 0 Å². The van der Waals surface area contributed by atoms with Crippen LogP contribution in [0.2, 0.25) is 0 Å². The Labute approximate surface area is 131 Å². The average molecular weight is 371 g/mol. The van der Waals surface area contributed by atoms with Crippen LogP contribution in [0.4, 0.5) is 5.95 Å². The lowest BCUT2D eigenvalue weighted by molar-refractivity contribution is 0.565. The molecule has 6 nitrogen and oxygen atoms in total. The molecule has 0 spiro atoms. The minimum atomic E-state index is -3.57. The van der Waals surface area contributed by atoms with Crippen LogP contribution in [0.5, 0.6) is 0 Å². The number of nitrogens with two attached hydrogens (primary N) is 1. The maximum Gasteiger partial charge on any atom is 0.251 e.